The van der Waals surface area contributed by atoms with Gasteiger partial charge in [0.15, 0.2) is 0 Å². The van der Waals surface area contributed by atoms with Gasteiger partial charge in [0.2, 0.25) is 5.88 Å². The molecule has 1 rings (SSSR count). The summed E-state index contributed by atoms with van der Waals surface area (Å²) in [5, 5.41) is 10.8. The minimum Gasteiger partial charge on any atom is -0.466 e. The van der Waals surface area contributed by atoms with Gasteiger partial charge in [-0.25, -0.2) is 4.98 Å². The monoisotopic (exact) mass is 420 g/mol. The molecule has 11 heteroatoms. The van der Waals surface area contributed by atoms with Gasteiger partial charge in [-0.15, -0.1) is 13.2 Å². The van der Waals surface area contributed by atoms with Crippen molar-refractivity contribution in [2.45, 2.75) is 19.7 Å². The normalized spacial score (nSPS) is 11.1. The van der Waals surface area contributed by atoms with Crippen molar-refractivity contribution >= 4 is 34.2 Å². The highest BCUT2D eigenvalue weighted by Gasteiger charge is 2.33. The molecule has 116 valence electrons. The third-order valence-corrected chi connectivity index (χ3v) is 3.19. The van der Waals surface area contributed by atoms with E-state index in [1.165, 1.54) is 22.6 Å². The summed E-state index contributed by atoms with van der Waals surface area (Å²) in [6, 6.07) is 0.546. The van der Waals surface area contributed by atoms with Crippen molar-refractivity contribution in [2.75, 3.05) is 6.61 Å². The SMILES string of the molecule is CCOC(=O)Cc1nc(OC(F)(F)F)cc([N+](=O)[O-])c1I. The molecular formula is C10H8F3IN2O5. The number of aromatic nitrogens is 1. The van der Waals surface area contributed by atoms with Gasteiger partial charge in [0.1, 0.15) is 3.57 Å². The van der Waals surface area contributed by atoms with Crippen LogP contribution in [0.15, 0.2) is 6.07 Å². The van der Waals surface area contributed by atoms with Crippen LogP contribution in [0.5, 0.6) is 5.88 Å². The van der Waals surface area contributed by atoms with Crippen molar-refractivity contribution in [3.8, 4) is 5.88 Å². The molecule has 1 aromatic rings. The molecule has 0 aliphatic heterocycles. The Bertz CT molecular complexity index is 564. The van der Waals surface area contributed by atoms with Crippen molar-refractivity contribution in [2.24, 2.45) is 0 Å². The van der Waals surface area contributed by atoms with Gasteiger partial charge in [0.05, 0.1) is 29.7 Å². The van der Waals surface area contributed by atoms with Crippen molar-refractivity contribution in [1.82, 2.24) is 4.98 Å². The quantitative estimate of drug-likeness (QED) is 0.315. The Morgan fingerprint density at radius 3 is 2.62 bits per heavy atom. The summed E-state index contributed by atoms with van der Waals surface area (Å²) in [4.78, 5) is 24.7. The van der Waals surface area contributed by atoms with E-state index in [0.29, 0.717) is 6.07 Å². The molecule has 0 saturated carbocycles. The van der Waals surface area contributed by atoms with E-state index in [9.17, 15) is 28.1 Å². The summed E-state index contributed by atoms with van der Waals surface area (Å²) in [6.07, 6.45) is -5.54. The molecule has 0 aliphatic rings. The Morgan fingerprint density at radius 2 is 2.14 bits per heavy atom. The lowest BCUT2D eigenvalue weighted by atomic mass is 10.2. The second kappa shape index (κ2) is 6.87. The van der Waals surface area contributed by atoms with Gasteiger partial charge in [-0.3, -0.25) is 14.9 Å². The summed E-state index contributed by atoms with van der Waals surface area (Å²) >= 11 is 1.52. The third kappa shape index (κ3) is 5.32. The summed E-state index contributed by atoms with van der Waals surface area (Å²) in [7, 11) is 0. The van der Waals surface area contributed by atoms with Gasteiger partial charge in [0, 0.05) is 0 Å². The third-order valence-electron chi connectivity index (χ3n) is 2.02. The zero-order valence-corrected chi connectivity index (χ0v) is 12.6. The molecule has 0 unspecified atom stereocenters. The maximum absolute atomic E-state index is 12.2. The number of hydrogen-bond donors (Lipinski definition) is 0. The van der Waals surface area contributed by atoms with Crippen LogP contribution >= 0.6 is 22.6 Å². The maximum Gasteiger partial charge on any atom is 0.574 e. The molecule has 0 bridgehead atoms. The lowest BCUT2D eigenvalue weighted by molar-refractivity contribution is -0.386. The number of ether oxygens (including phenoxy) is 2. The fraction of sp³-hybridized carbons (Fsp3) is 0.400. The molecule has 0 fully saturated rings. The van der Waals surface area contributed by atoms with Gasteiger partial charge in [-0.1, -0.05) is 0 Å². The number of esters is 1. The van der Waals surface area contributed by atoms with Gasteiger partial charge in [-0.2, -0.15) is 0 Å². The van der Waals surface area contributed by atoms with E-state index in [0.717, 1.165) is 0 Å². The number of hydrogen-bond acceptors (Lipinski definition) is 6. The molecule has 7 nitrogen and oxygen atoms in total. The molecule has 1 heterocycles. The average molecular weight is 420 g/mol. The second-order valence-electron chi connectivity index (χ2n) is 3.53. The first kappa shape index (κ1) is 17.4. The van der Waals surface area contributed by atoms with E-state index in [1.54, 1.807) is 6.92 Å². The number of rotatable bonds is 5. The zero-order chi connectivity index (χ0) is 16.2. The number of halogens is 4. The Morgan fingerprint density at radius 1 is 1.52 bits per heavy atom. The van der Waals surface area contributed by atoms with Crippen LogP contribution in [-0.4, -0.2) is 28.8 Å². The topological polar surface area (TPSA) is 91.6 Å². The fourth-order valence-electron chi connectivity index (χ4n) is 1.31. The molecule has 0 radical (unpaired) electrons. The van der Waals surface area contributed by atoms with E-state index in [-0.39, 0.29) is 15.9 Å². The molecule has 0 aromatic carbocycles. The lowest BCUT2D eigenvalue weighted by Crippen LogP contribution is -2.19. The Balaban J connectivity index is 3.21. The van der Waals surface area contributed by atoms with E-state index < -0.39 is 35.2 Å². The molecule has 0 atom stereocenters. The van der Waals surface area contributed by atoms with Crippen LogP contribution in [0.3, 0.4) is 0 Å². The summed E-state index contributed by atoms with van der Waals surface area (Å²) in [5.74, 6) is -1.77. The Kier molecular flexibility index (Phi) is 5.69. The van der Waals surface area contributed by atoms with Crippen LogP contribution in [0.2, 0.25) is 0 Å². The number of nitro groups is 1. The molecule has 21 heavy (non-hydrogen) atoms. The first-order chi connectivity index (χ1) is 9.64. The molecular weight excluding hydrogens is 412 g/mol. The average Bonchev–Trinajstić information content (AvgIpc) is 2.31. The highest BCUT2D eigenvalue weighted by Crippen LogP contribution is 2.30. The minimum absolute atomic E-state index is 0.0554. The first-order valence-electron chi connectivity index (χ1n) is 5.39. The fourth-order valence-corrected chi connectivity index (χ4v) is 1.98. The lowest BCUT2D eigenvalue weighted by Gasteiger charge is -2.10. The number of pyridine rings is 1. The number of carbonyl (C=O) groups is 1. The predicted octanol–water partition coefficient (Wildman–Crippen LogP) is 2.60. The molecule has 0 saturated heterocycles. The van der Waals surface area contributed by atoms with Gasteiger partial charge >= 0.3 is 12.3 Å². The van der Waals surface area contributed by atoms with Crippen molar-refractivity contribution in [3.63, 3.8) is 0 Å². The number of carbonyl (C=O) groups excluding carboxylic acids is 1. The predicted molar refractivity (Wildman–Crippen MR) is 70.6 cm³/mol. The van der Waals surface area contributed by atoms with Crippen LogP contribution in [0.4, 0.5) is 18.9 Å². The number of nitrogens with zero attached hydrogens (tertiary/aromatic N) is 2. The Labute approximate surface area is 129 Å². The van der Waals surface area contributed by atoms with Crippen LogP contribution in [0, 0.1) is 13.7 Å². The van der Waals surface area contributed by atoms with Gasteiger partial charge < -0.3 is 9.47 Å². The van der Waals surface area contributed by atoms with Gasteiger partial charge in [-0.05, 0) is 29.5 Å². The molecule has 1 aromatic heterocycles. The number of alkyl halides is 3. The molecule has 0 N–H and O–H groups in total. The minimum atomic E-state index is -5.05. The van der Waals surface area contributed by atoms with Crippen molar-refractivity contribution in [1.29, 1.82) is 0 Å². The smallest absolute Gasteiger partial charge is 0.466 e. The zero-order valence-electron chi connectivity index (χ0n) is 10.4. The highest BCUT2D eigenvalue weighted by atomic mass is 127. The van der Waals surface area contributed by atoms with E-state index >= 15 is 0 Å². The first-order valence-corrected chi connectivity index (χ1v) is 6.47. The van der Waals surface area contributed by atoms with Crippen LogP contribution < -0.4 is 4.74 Å². The maximum atomic E-state index is 12.2. The van der Waals surface area contributed by atoms with Crippen LogP contribution in [0.1, 0.15) is 12.6 Å². The second-order valence-corrected chi connectivity index (χ2v) is 4.61. The van der Waals surface area contributed by atoms with Crippen LogP contribution in [0.25, 0.3) is 0 Å². The largest absolute Gasteiger partial charge is 0.574 e. The van der Waals surface area contributed by atoms with Gasteiger partial charge in [0.25, 0.3) is 5.69 Å². The Hall–Kier alpha value is -1.66. The van der Waals surface area contributed by atoms with E-state index in [4.69, 9.17) is 0 Å². The summed E-state index contributed by atoms with van der Waals surface area (Å²) in [5.41, 5.74) is -0.855. The van der Waals surface area contributed by atoms with Crippen LogP contribution in [-0.2, 0) is 16.0 Å². The highest BCUT2D eigenvalue weighted by molar-refractivity contribution is 14.1. The summed E-state index contributed by atoms with van der Waals surface area (Å²) in [6.45, 7) is 1.61. The van der Waals surface area contributed by atoms with E-state index in [2.05, 4.69) is 14.5 Å². The van der Waals surface area contributed by atoms with Crippen molar-refractivity contribution in [3.05, 3.63) is 25.4 Å². The van der Waals surface area contributed by atoms with Crippen molar-refractivity contribution < 1.29 is 32.4 Å². The molecule has 0 spiro atoms. The standard InChI is InChI=1S/C10H8F3IN2O5/c1-2-20-8(17)3-5-9(14)6(16(18)19)4-7(15-5)21-10(11,12)13/h4H,2-3H2,1H3. The molecule has 0 aliphatic carbocycles. The van der Waals surface area contributed by atoms with E-state index in [1.807, 2.05) is 0 Å². The summed E-state index contributed by atoms with van der Waals surface area (Å²) < 4.78 is 44.6. The molecule has 0 amide bonds.